The highest BCUT2D eigenvalue weighted by Crippen LogP contribution is 2.32. The molecule has 140 valence electrons. The molecule has 8 heteroatoms. The Hall–Kier alpha value is -2.84. The fourth-order valence-electron chi connectivity index (χ4n) is 3.26. The first kappa shape index (κ1) is 17.3. The largest absolute Gasteiger partial charge is 0.365 e. The first-order chi connectivity index (χ1) is 13.7. The second kappa shape index (κ2) is 6.96. The molecule has 1 aliphatic heterocycles. The lowest BCUT2D eigenvalue weighted by Gasteiger charge is -2.25. The highest BCUT2D eigenvalue weighted by atomic mass is 79.9. The smallest absolute Gasteiger partial charge is 0.278 e. The highest BCUT2D eigenvalue weighted by Gasteiger charge is 2.26. The van der Waals surface area contributed by atoms with Crippen molar-refractivity contribution in [2.45, 2.75) is 19.3 Å². The Labute approximate surface area is 168 Å². The van der Waals surface area contributed by atoms with Crippen molar-refractivity contribution in [3.63, 3.8) is 0 Å². The molecule has 28 heavy (non-hydrogen) atoms. The predicted molar refractivity (Wildman–Crippen MR) is 103 cm³/mol. The van der Waals surface area contributed by atoms with E-state index < -0.39 is 0 Å². The van der Waals surface area contributed by atoms with Crippen LogP contribution in [0.15, 0.2) is 63.9 Å². The van der Waals surface area contributed by atoms with Crippen molar-refractivity contribution in [3.8, 4) is 23.0 Å². The summed E-state index contributed by atoms with van der Waals surface area (Å²) < 4.78 is 27.5. The average Bonchev–Trinajstić information content (AvgIpc) is 3.35. The number of hydrogen-bond donors (Lipinski definition) is 0. The Morgan fingerprint density at radius 1 is 1.11 bits per heavy atom. The van der Waals surface area contributed by atoms with Crippen LogP contribution in [0, 0.1) is 5.82 Å². The van der Waals surface area contributed by atoms with Crippen LogP contribution >= 0.6 is 15.9 Å². The lowest BCUT2D eigenvalue weighted by Crippen LogP contribution is -2.20. The fourth-order valence-corrected chi connectivity index (χ4v) is 3.72. The molecule has 3 heterocycles. The molecule has 0 radical (unpaired) electrons. The molecular weight excluding hydrogens is 427 g/mol. The van der Waals surface area contributed by atoms with Crippen LogP contribution < -0.4 is 0 Å². The van der Waals surface area contributed by atoms with E-state index in [4.69, 9.17) is 9.26 Å². The van der Waals surface area contributed by atoms with E-state index in [1.165, 1.54) is 12.1 Å². The number of hydrogen-bond acceptors (Lipinski definition) is 5. The molecule has 4 aromatic rings. The third kappa shape index (κ3) is 3.04. The van der Waals surface area contributed by atoms with Gasteiger partial charge in [-0.2, -0.15) is 4.98 Å². The van der Waals surface area contributed by atoms with Gasteiger partial charge >= 0.3 is 0 Å². The topological polar surface area (TPSA) is 66.0 Å². The van der Waals surface area contributed by atoms with Gasteiger partial charge < -0.3 is 13.8 Å². The van der Waals surface area contributed by atoms with Crippen LogP contribution in [-0.4, -0.2) is 19.7 Å². The van der Waals surface area contributed by atoms with Gasteiger partial charge in [0.25, 0.3) is 5.89 Å². The van der Waals surface area contributed by atoms with Gasteiger partial charge in [-0.15, -0.1) is 0 Å². The summed E-state index contributed by atoms with van der Waals surface area (Å²) in [7, 11) is 0. The molecule has 0 spiro atoms. The number of halogens is 2. The maximum absolute atomic E-state index is 13.2. The number of fused-ring (bicyclic) bond motifs is 1. The zero-order chi connectivity index (χ0) is 19.1. The molecule has 0 saturated heterocycles. The Bertz CT molecular complexity index is 1140. The zero-order valence-corrected chi connectivity index (χ0v) is 16.1. The summed E-state index contributed by atoms with van der Waals surface area (Å²) in [6.07, 6.45) is 1.58. The highest BCUT2D eigenvalue weighted by molar-refractivity contribution is 9.10. The van der Waals surface area contributed by atoms with Crippen molar-refractivity contribution in [2.24, 2.45) is 0 Å². The predicted octanol–water partition coefficient (Wildman–Crippen LogP) is 4.77. The monoisotopic (exact) mass is 440 g/mol. The fraction of sp³-hybridized carbons (Fsp3) is 0.150. The Balaban J connectivity index is 1.43. The number of imidazole rings is 1. The van der Waals surface area contributed by atoms with Crippen molar-refractivity contribution in [2.75, 3.05) is 0 Å². The summed E-state index contributed by atoms with van der Waals surface area (Å²) in [5, 5.41) is 4.08. The van der Waals surface area contributed by atoms with Crippen molar-refractivity contribution in [1.82, 2.24) is 19.7 Å². The molecule has 1 atom stereocenters. The van der Waals surface area contributed by atoms with E-state index in [2.05, 4.69) is 31.1 Å². The molecular formula is C20H14BrFN4O2. The van der Waals surface area contributed by atoms with E-state index in [1.54, 1.807) is 18.5 Å². The normalized spacial score (nSPS) is 16.1. The van der Waals surface area contributed by atoms with E-state index >= 15 is 0 Å². The summed E-state index contributed by atoms with van der Waals surface area (Å²) in [5.74, 6) is 0.580. The summed E-state index contributed by atoms with van der Waals surface area (Å²) in [4.78, 5) is 8.95. The molecule has 5 rings (SSSR count). The van der Waals surface area contributed by atoms with Crippen molar-refractivity contribution < 1.29 is 13.7 Å². The SMILES string of the molecule is Fc1ccc([C@@H]2Cn3cnc(-c4nc(-c5ccccc5Br)no4)c3CO2)cc1. The first-order valence-corrected chi connectivity index (χ1v) is 9.48. The molecule has 1 aliphatic rings. The van der Waals surface area contributed by atoms with Crippen LogP contribution in [0.3, 0.4) is 0 Å². The minimum Gasteiger partial charge on any atom is -0.365 e. The lowest BCUT2D eigenvalue weighted by molar-refractivity contribution is 0.00326. The standard InChI is InChI=1S/C20H14BrFN4O2/c21-15-4-2-1-3-14(15)19-24-20(28-25-19)18-16-10-27-17(9-26(16)11-23-18)12-5-7-13(22)8-6-12/h1-8,11,17H,9-10H2/t17-/m0/s1. The van der Waals surface area contributed by atoms with Gasteiger partial charge in [0.15, 0.2) is 5.69 Å². The third-order valence-corrected chi connectivity index (χ3v) is 5.41. The van der Waals surface area contributed by atoms with Crippen molar-refractivity contribution >= 4 is 15.9 Å². The van der Waals surface area contributed by atoms with Gasteiger partial charge in [-0.05, 0) is 29.8 Å². The molecule has 2 aromatic heterocycles. The van der Waals surface area contributed by atoms with Crippen LogP contribution in [0.1, 0.15) is 17.4 Å². The number of ether oxygens (including phenoxy) is 1. The van der Waals surface area contributed by atoms with Crippen LogP contribution in [0.2, 0.25) is 0 Å². The molecule has 2 aromatic carbocycles. The zero-order valence-electron chi connectivity index (χ0n) is 14.5. The minimum absolute atomic E-state index is 0.159. The second-order valence-corrected chi connectivity index (χ2v) is 7.30. The van der Waals surface area contributed by atoms with Gasteiger partial charge in [-0.25, -0.2) is 9.37 Å². The quantitative estimate of drug-likeness (QED) is 0.458. The van der Waals surface area contributed by atoms with Crippen molar-refractivity contribution in [3.05, 3.63) is 76.4 Å². The number of aromatic nitrogens is 4. The molecule has 0 N–H and O–H groups in total. The molecule has 0 aliphatic carbocycles. The van der Waals surface area contributed by atoms with E-state index in [0.717, 1.165) is 21.3 Å². The van der Waals surface area contributed by atoms with Gasteiger partial charge in [0.2, 0.25) is 5.82 Å². The van der Waals surface area contributed by atoms with E-state index in [0.29, 0.717) is 30.6 Å². The molecule has 0 unspecified atom stereocenters. The van der Waals surface area contributed by atoms with E-state index in [1.807, 2.05) is 28.8 Å². The summed E-state index contributed by atoms with van der Waals surface area (Å²) >= 11 is 3.50. The molecule has 6 nitrogen and oxygen atoms in total. The maximum Gasteiger partial charge on any atom is 0.278 e. The maximum atomic E-state index is 13.2. The van der Waals surface area contributed by atoms with Gasteiger partial charge in [0, 0.05) is 10.0 Å². The minimum atomic E-state index is -0.262. The van der Waals surface area contributed by atoms with Gasteiger partial charge in [0.1, 0.15) is 11.9 Å². The second-order valence-electron chi connectivity index (χ2n) is 6.45. The lowest BCUT2D eigenvalue weighted by atomic mass is 10.1. The third-order valence-electron chi connectivity index (χ3n) is 4.72. The number of rotatable bonds is 3. The van der Waals surface area contributed by atoms with Crippen LogP contribution in [0.4, 0.5) is 4.39 Å². The van der Waals surface area contributed by atoms with Gasteiger partial charge in [-0.1, -0.05) is 45.4 Å². The van der Waals surface area contributed by atoms with Crippen LogP contribution in [0.25, 0.3) is 23.0 Å². The van der Waals surface area contributed by atoms with Gasteiger partial charge in [0.05, 0.1) is 25.2 Å². The Kier molecular flexibility index (Phi) is 4.29. The van der Waals surface area contributed by atoms with Crippen LogP contribution in [0.5, 0.6) is 0 Å². The van der Waals surface area contributed by atoms with E-state index in [9.17, 15) is 4.39 Å². The van der Waals surface area contributed by atoms with Gasteiger partial charge in [-0.3, -0.25) is 0 Å². The first-order valence-electron chi connectivity index (χ1n) is 8.69. The average molecular weight is 441 g/mol. The number of nitrogens with zero attached hydrogens (tertiary/aromatic N) is 4. The molecule has 0 fully saturated rings. The molecule has 0 amide bonds. The summed E-state index contributed by atoms with van der Waals surface area (Å²) in [6.45, 7) is 0.934. The summed E-state index contributed by atoms with van der Waals surface area (Å²) in [5.41, 5.74) is 3.26. The Morgan fingerprint density at radius 2 is 1.93 bits per heavy atom. The number of benzene rings is 2. The van der Waals surface area contributed by atoms with Crippen molar-refractivity contribution in [1.29, 1.82) is 0 Å². The molecule has 0 bridgehead atoms. The van der Waals surface area contributed by atoms with Crippen LogP contribution in [-0.2, 0) is 17.9 Å². The van der Waals surface area contributed by atoms with E-state index in [-0.39, 0.29) is 11.9 Å². The Morgan fingerprint density at radius 3 is 2.75 bits per heavy atom. The molecule has 0 saturated carbocycles. The summed E-state index contributed by atoms with van der Waals surface area (Å²) in [6, 6.07) is 14.0.